The molecule has 0 radical (unpaired) electrons. The number of hydrogen-bond donors (Lipinski definition) is 1. The molecule has 226 valence electrons. The lowest BCUT2D eigenvalue weighted by atomic mass is 9.91. The Hall–Kier alpha value is -3.74. The molecule has 0 spiro atoms. The number of rotatable bonds is 8. The topological polar surface area (TPSA) is 89.7 Å². The van der Waals surface area contributed by atoms with Crippen LogP contribution < -0.4 is 4.74 Å². The second kappa shape index (κ2) is 11.4. The van der Waals surface area contributed by atoms with Gasteiger partial charge in [-0.3, -0.25) is 4.90 Å². The van der Waals surface area contributed by atoms with Crippen LogP contribution in [0.2, 0.25) is 5.02 Å². The first-order valence-electron chi connectivity index (χ1n) is 13.7. The molecule has 2 aliphatic heterocycles. The second-order valence-corrected chi connectivity index (χ2v) is 11.2. The van der Waals surface area contributed by atoms with E-state index in [-0.39, 0.29) is 34.2 Å². The smallest absolute Gasteiger partial charge is 0.419 e. The minimum absolute atomic E-state index is 0.0445. The van der Waals surface area contributed by atoms with Crippen LogP contribution in [0.15, 0.2) is 42.5 Å². The van der Waals surface area contributed by atoms with Gasteiger partial charge in [0.2, 0.25) is 0 Å². The molecule has 6 rings (SSSR count). The molecular weight excluding hydrogens is 592 g/mol. The summed E-state index contributed by atoms with van der Waals surface area (Å²) in [4.78, 5) is 22.7. The summed E-state index contributed by atoms with van der Waals surface area (Å²) < 4.78 is 69.6. The van der Waals surface area contributed by atoms with Crippen LogP contribution in [0, 0.1) is 5.82 Å². The molecule has 13 heteroatoms. The van der Waals surface area contributed by atoms with E-state index in [1.54, 1.807) is 6.07 Å². The quantitative estimate of drug-likeness (QED) is 0.228. The minimum atomic E-state index is -4.67. The van der Waals surface area contributed by atoms with Crippen molar-refractivity contribution in [3.05, 3.63) is 87.1 Å². The maximum atomic E-state index is 14.3. The number of halogens is 5. The molecule has 0 unspecified atom stereocenters. The summed E-state index contributed by atoms with van der Waals surface area (Å²) in [6.45, 7) is 3.42. The van der Waals surface area contributed by atoms with Crippen LogP contribution in [0.1, 0.15) is 58.0 Å². The molecular formula is C30H27ClF4N4O4. The lowest BCUT2D eigenvalue weighted by Gasteiger charge is -2.36. The van der Waals surface area contributed by atoms with Crippen LogP contribution in [0.3, 0.4) is 0 Å². The highest BCUT2D eigenvalue weighted by Crippen LogP contribution is 2.42. The van der Waals surface area contributed by atoms with Crippen molar-refractivity contribution in [1.29, 1.82) is 0 Å². The Kier molecular flexibility index (Phi) is 7.78. The van der Waals surface area contributed by atoms with Crippen molar-refractivity contribution >= 4 is 28.7 Å². The Labute approximate surface area is 248 Å². The molecule has 43 heavy (non-hydrogen) atoms. The largest absolute Gasteiger partial charge is 0.488 e. The van der Waals surface area contributed by atoms with Gasteiger partial charge in [-0.25, -0.2) is 19.2 Å². The van der Waals surface area contributed by atoms with E-state index in [1.807, 2.05) is 11.5 Å². The van der Waals surface area contributed by atoms with Crippen LogP contribution in [-0.2, 0) is 37.0 Å². The summed E-state index contributed by atoms with van der Waals surface area (Å²) in [6.07, 6.45) is -3.49. The molecule has 0 amide bonds. The van der Waals surface area contributed by atoms with Crippen LogP contribution in [0.4, 0.5) is 17.6 Å². The highest BCUT2D eigenvalue weighted by molar-refractivity contribution is 6.30. The van der Waals surface area contributed by atoms with Gasteiger partial charge in [0.1, 0.15) is 29.5 Å². The molecule has 4 aromatic rings. The standard InChI is InChI=1S/C30H27ClF4N4O4/c1-16-21-12-26(43-15-18-2-3-19(31)11-23(18)32)22(30(33,34)35)10-17(21)6-8-38(16)14-27-36-24-4-5-25(29(40)41)37-28(24)39(27)13-20-7-9-42-20/h2-5,10-12,16,20H,6-9,13-15H2,1H3,(H,40,41)/t16-,20-/m0/s1. The van der Waals surface area contributed by atoms with Gasteiger partial charge in [0.15, 0.2) is 11.3 Å². The van der Waals surface area contributed by atoms with Crippen molar-refractivity contribution in [2.24, 2.45) is 0 Å². The molecule has 1 N–H and O–H groups in total. The van der Waals surface area contributed by atoms with Crippen LogP contribution in [-0.4, -0.2) is 49.8 Å². The first kappa shape index (κ1) is 29.3. The lowest BCUT2D eigenvalue weighted by molar-refractivity contribution is -0.139. The van der Waals surface area contributed by atoms with E-state index < -0.39 is 30.1 Å². The third kappa shape index (κ3) is 5.91. The number of hydrogen-bond acceptors (Lipinski definition) is 6. The number of ether oxygens (including phenoxy) is 2. The molecule has 0 saturated carbocycles. The summed E-state index contributed by atoms with van der Waals surface area (Å²) >= 11 is 5.80. The molecule has 8 nitrogen and oxygen atoms in total. The van der Waals surface area contributed by atoms with Crippen molar-refractivity contribution in [2.75, 3.05) is 13.2 Å². The zero-order chi connectivity index (χ0) is 30.5. The van der Waals surface area contributed by atoms with E-state index >= 15 is 0 Å². The highest BCUT2D eigenvalue weighted by Gasteiger charge is 2.37. The van der Waals surface area contributed by atoms with Crippen molar-refractivity contribution < 1.29 is 36.9 Å². The number of aromatic nitrogens is 3. The average Bonchev–Trinajstić information content (AvgIpc) is 3.27. The maximum absolute atomic E-state index is 14.3. The third-order valence-electron chi connectivity index (χ3n) is 8.03. The fraction of sp³-hybridized carbons (Fsp3) is 0.367. The molecule has 0 bridgehead atoms. The monoisotopic (exact) mass is 618 g/mol. The van der Waals surface area contributed by atoms with Gasteiger partial charge in [-0.2, -0.15) is 13.2 Å². The highest BCUT2D eigenvalue weighted by atomic mass is 35.5. The Morgan fingerprint density at radius 1 is 1.19 bits per heavy atom. The van der Waals surface area contributed by atoms with E-state index in [9.17, 15) is 27.5 Å². The molecule has 2 aromatic heterocycles. The summed E-state index contributed by atoms with van der Waals surface area (Å²) in [7, 11) is 0. The number of aromatic carboxylic acids is 1. The Morgan fingerprint density at radius 3 is 2.65 bits per heavy atom. The SMILES string of the molecule is C[C@H]1c2cc(OCc3ccc(Cl)cc3F)c(C(F)(F)F)cc2CCN1Cc1nc2ccc(C(=O)O)nc2n1C[C@@H]1CCO1. The molecule has 1 saturated heterocycles. The maximum Gasteiger partial charge on any atom is 0.419 e. The molecule has 1 fully saturated rings. The van der Waals surface area contributed by atoms with Crippen molar-refractivity contribution in [1.82, 2.24) is 19.4 Å². The lowest BCUT2D eigenvalue weighted by Crippen LogP contribution is -2.36. The number of fused-ring (bicyclic) bond motifs is 2. The summed E-state index contributed by atoms with van der Waals surface area (Å²) in [5.41, 5.74) is 1.29. The molecule has 4 heterocycles. The van der Waals surface area contributed by atoms with E-state index in [0.717, 1.165) is 18.6 Å². The van der Waals surface area contributed by atoms with Gasteiger partial charge in [-0.15, -0.1) is 0 Å². The van der Waals surface area contributed by atoms with Gasteiger partial charge in [0.05, 0.1) is 24.8 Å². The summed E-state index contributed by atoms with van der Waals surface area (Å²) in [5, 5.41) is 9.63. The van der Waals surface area contributed by atoms with Gasteiger partial charge in [-0.1, -0.05) is 17.7 Å². The van der Waals surface area contributed by atoms with Crippen molar-refractivity contribution in [3.8, 4) is 5.75 Å². The van der Waals surface area contributed by atoms with Crippen LogP contribution in [0.25, 0.3) is 11.2 Å². The zero-order valence-electron chi connectivity index (χ0n) is 23.0. The van der Waals surface area contributed by atoms with Gasteiger partial charge in [0.25, 0.3) is 0 Å². The summed E-state index contributed by atoms with van der Waals surface area (Å²) in [5.74, 6) is -1.54. The van der Waals surface area contributed by atoms with Gasteiger partial charge < -0.3 is 19.1 Å². The Balaban J connectivity index is 1.31. The Morgan fingerprint density at radius 2 is 1.98 bits per heavy atom. The van der Waals surface area contributed by atoms with Gasteiger partial charge in [0, 0.05) is 29.8 Å². The van der Waals surface area contributed by atoms with Crippen LogP contribution >= 0.6 is 11.6 Å². The zero-order valence-corrected chi connectivity index (χ0v) is 23.8. The van der Waals surface area contributed by atoms with E-state index in [2.05, 4.69) is 9.88 Å². The van der Waals surface area contributed by atoms with Gasteiger partial charge >= 0.3 is 12.1 Å². The number of imidazole rings is 1. The Bertz CT molecular complexity index is 1710. The van der Waals surface area contributed by atoms with E-state index in [1.165, 1.54) is 24.3 Å². The number of benzene rings is 2. The molecule has 2 aromatic carbocycles. The predicted molar refractivity (Wildman–Crippen MR) is 149 cm³/mol. The number of carboxylic acid groups (broad SMARTS) is 1. The van der Waals surface area contributed by atoms with E-state index in [0.29, 0.717) is 60.8 Å². The summed E-state index contributed by atoms with van der Waals surface area (Å²) in [6, 6.07) is 9.14. The number of carbonyl (C=O) groups is 1. The fourth-order valence-corrected chi connectivity index (χ4v) is 5.70. The van der Waals surface area contributed by atoms with Crippen molar-refractivity contribution in [2.45, 2.75) is 57.8 Å². The number of alkyl halides is 3. The predicted octanol–water partition coefficient (Wildman–Crippen LogP) is 6.43. The third-order valence-corrected chi connectivity index (χ3v) is 8.26. The minimum Gasteiger partial charge on any atom is -0.488 e. The van der Waals surface area contributed by atoms with Crippen LogP contribution in [0.5, 0.6) is 5.75 Å². The molecule has 2 aliphatic rings. The fourth-order valence-electron chi connectivity index (χ4n) is 5.55. The number of pyridine rings is 1. The molecule has 2 atom stereocenters. The first-order chi connectivity index (χ1) is 20.5. The number of nitrogens with zero attached hydrogens (tertiary/aromatic N) is 4. The van der Waals surface area contributed by atoms with Gasteiger partial charge in [-0.05, 0) is 67.3 Å². The average molecular weight is 619 g/mol. The normalized spacial score (nSPS) is 18.8. The number of carboxylic acids is 1. The molecule has 0 aliphatic carbocycles. The van der Waals surface area contributed by atoms with E-state index in [4.69, 9.17) is 26.1 Å². The first-order valence-corrected chi connectivity index (χ1v) is 14.1. The van der Waals surface area contributed by atoms with Crippen molar-refractivity contribution in [3.63, 3.8) is 0 Å². The second-order valence-electron chi connectivity index (χ2n) is 10.7.